The maximum Gasteiger partial charge on any atom is 0.104 e. The standard InChI is InChI=1S/C21H26ClN3O/c1-5-15(9-11-23-3)21(2,26)14-25-19-10-12-24(4)13-17(19)16-7-6-8-18(22)20(16)25/h5-9,11,26H,3,10,12-14H2,1-2,4H3/b11-9-,15-5+. The van der Waals surface area contributed by atoms with Crippen molar-refractivity contribution in [1.29, 1.82) is 0 Å². The van der Waals surface area contributed by atoms with Crippen LogP contribution in [-0.4, -0.2) is 40.5 Å². The second-order valence-electron chi connectivity index (χ2n) is 7.15. The highest BCUT2D eigenvalue weighted by molar-refractivity contribution is 6.35. The fourth-order valence-corrected chi connectivity index (χ4v) is 4.16. The highest BCUT2D eigenvalue weighted by atomic mass is 35.5. The first-order valence-electron chi connectivity index (χ1n) is 8.87. The Hall–Kier alpha value is -1.88. The summed E-state index contributed by atoms with van der Waals surface area (Å²) in [6.45, 7) is 9.56. The van der Waals surface area contributed by atoms with E-state index < -0.39 is 5.60 Å². The first kappa shape index (κ1) is 18.9. The number of allylic oxidation sites excluding steroid dienone is 1. The van der Waals surface area contributed by atoms with Crippen LogP contribution in [0.25, 0.3) is 10.9 Å². The molecule has 138 valence electrons. The summed E-state index contributed by atoms with van der Waals surface area (Å²) in [5, 5.41) is 13.1. The minimum atomic E-state index is -1.04. The van der Waals surface area contributed by atoms with Crippen LogP contribution in [0.1, 0.15) is 25.1 Å². The third-order valence-corrected chi connectivity index (χ3v) is 5.48. The predicted octanol–water partition coefficient (Wildman–Crippen LogP) is 4.19. The van der Waals surface area contributed by atoms with E-state index in [0.717, 1.165) is 35.6 Å². The van der Waals surface area contributed by atoms with Gasteiger partial charge in [0.1, 0.15) is 5.60 Å². The molecule has 3 rings (SSSR count). The zero-order valence-electron chi connectivity index (χ0n) is 15.7. The highest BCUT2D eigenvalue weighted by Gasteiger charge is 2.30. The number of rotatable bonds is 5. The number of benzene rings is 1. The SMILES string of the molecule is C=N/C=C\C(=C/C)C(C)(O)Cn1c2c(c3cccc(Cl)c31)CN(C)CC2. The van der Waals surface area contributed by atoms with Crippen molar-refractivity contribution in [2.45, 2.75) is 39.0 Å². The number of likely N-dealkylation sites (N-methyl/N-ethyl adjacent to an activating group) is 1. The van der Waals surface area contributed by atoms with Gasteiger partial charge in [0.05, 0.1) is 17.1 Å². The first-order valence-corrected chi connectivity index (χ1v) is 9.25. The van der Waals surface area contributed by atoms with Crippen LogP contribution >= 0.6 is 11.6 Å². The summed E-state index contributed by atoms with van der Waals surface area (Å²) in [4.78, 5) is 6.08. The second kappa shape index (κ2) is 7.39. The molecule has 0 aliphatic carbocycles. The molecule has 1 aliphatic heterocycles. The van der Waals surface area contributed by atoms with E-state index in [1.54, 1.807) is 12.3 Å². The van der Waals surface area contributed by atoms with E-state index in [2.05, 4.69) is 34.3 Å². The minimum Gasteiger partial charge on any atom is -0.384 e. The Kier molecular flexibility index (Phi) is 5.37. The molecule has 1 aliphatic rings. The van der Waals surface area contributed by atoms with Gasteiger partial charge in [-0.2, -0.15) is 0 Å². The second-order valence-corrected chi connectivity index (χ2v) is 7.56. The van der Waals surface area contributed by atoms with Crippen LogP contribution in [0.2, 0.25) is 5.02 Å². The molecule has 2 heterocycles. The summed E-state index contributed by atoms with van der Waals surface area (Å²) < 4.78 is 2.21. The van der Waals surface area contributed by atoms with Gasteiger partial charge in [0.15, 0.2) is 0 Å². The van der Waals surface area contributed by atoms with Gasteiger partial charge in [0, 0.05) is 36.8 Å². The molecule has 0 saturated heterocycles. The topological polar surface area (TPSA) is 40.8 Å². The van der Waals surface area contributed by atoms with Crippen molar-refractivity contribution >= 4 is 29.2 Å². The van der Waals surface area contributed by atoms with Gasteiger partial charge in [0.25, 0.3) is 0 Å². The van der Waals surface area contributed by atoms with Gasteiger partial charge in [-0.05, 0) is 50.9 Å². The molecule has 1 unspecified atom stereocenters. The fraction of sp³-hybridized carbons (Fsp3) is 0.381. The van der Waals surface area contributed by atoms with Gasteiger partial charge in [-0.1, -0.05) is 29.8 Å². The lowest BCUT2D eigenvalue weighted by Gasteiger charge is -2.29. The number of hydrogen-bond donors (Lipinski definition) is 1. The third-order valence-electron chi connectivity index (χ3n) is 5.17. The molecule has 0 radical (unpaired) electrons. The lowest BCUT2D eigenvalue weighted by Crippen LogP contribution is -2.34. The quantitative estimate of drug-likeness (QED) is 0.632. The molecule has 26 heavy (non-hydrogen) atoms. The molecule has 0 saturated carbocycles. The molecule has 1 aromatic carbocycles. The number of nitrogens with zero attached hydrogens (tertiary/aromatic N) is 3. The number of fused-ring (bicyclic) bond motifs is 3. The Morgan fingerprint density at radius 1 is 1.46 bits per heavy atom. The van der Waals surface area contributed by atoms with Crippen LogP contribution < -0.4 is 0 Å². The Labute approximate surface area is 160 Å². The molecule has 5 heteroatoms. The highest BCUT2D eigenvalue weighted by Crippen LogP contribution is 2.36. The number of aromatic nitrogens is 1. The van der Waals surface area contributed by atoms with Crippen LogP contribution in [0, 0.1) is 0 Å². The van der Waals surface area contributed by atoms with Crippen LogP contribution in [0.4, 0.5) is 0 Å². The zero-order chi connectivity index (χ0) is 18.9. The van der Waals surface area contributed by atoms with E-state index in [1.807, 2.05) is 32.1 Å². The summed E-state index contributed by atoms with van der Waals surface area (Å²) in [5.74, 6) is 0. The monoisotopic (exact) mass is 371 g/mol. The molecule has 0 fully saturated rings. The van der Waals surface area contributed by atoms with Crippen molar-refractivity contribution in [3.05, 3.63) is 58.4 Å². The van der Waals surface area contributed by atoms with Crippen LogP contribution in [0.15, 0.2) is 47.1 Å². The molecular weight excluding hydrogens is 346 g/mol. The van der Waals surface area contributed by atoms with Gasteiger partial charge >= 0.3 is 0 Å². The fourth-order valence-electron chi connectivity index (χ4n) is 3.89. The van der Waals surface area contributed by atoms with E-state index in [0.29, 0.717) is 6.54 Å². The Morgan fingerprint density at radius 3 is 2.92 bits per heavy atom. The molecule has 0 bridgehead atoms. The van der Waals surface area contributed by atoms with Crippen molar-refractivity contribution in [2.24, 2.45) is 4.99 Å². The number of halogens is 1. The molecule has 1 N–H and O–H groups in total. The number of hydrogen-bond acceptors (Lipinski definition) is 3. The van der Waals surface area contributed by atoms with Crippen molar-refractivity contribution in [2.75, 3.05) is 13.6 Å². The molecule has 0 spiro atoms. The molecule has 1 aromatic heterocycles. The average molecular weight is 372 g/mol. The van der Waals surface area contributed by atoms with E-state index in [9.17, 15) is 5.11 Å². The summed E-state index contributed by atoms with van der Waals surface area (Å²) in [7, 11) is 2.14. The van der Waals surface area contributed by atoms with E-state index in [4.69, 9.17) is 11.6 Å². The van der Waals surface area contributed by atoms with Gasteiger partial charge in [0.2, 0.25) is 0 Å². The van der Waals surface area contributed by atoms with Crippen LogP contribution in [0.3, 0.4) is 0 Å². The summed E-state index contributed by atoms with van der Waals surface area (Å²) in [6, 6.07) is 6.04. The lowest BCUT2D eigenvalue weighted by atomic mass is 9.94. The minimum absolute atomic E-state index is 0.438. The Balaban J connectivity index is 2.13. The molecule has 2 aromatic rings. The lowest BCUT2D eigenvalue weighted by molar-refractivity contribution is 0.0828. The van der Waals surface area contributed by atoms with Crippen LogP contribution in [0.5, 0.6) is 0 Å². The summed E-state index contributed by atoms with van der Waals surface area (Å²) in [6.07, 6.45) is 6.27. The van der Waals surface area contributed by atoms with E-state index >= 15 is 0 Å². The van der Waals surface area contributed by atoms with Gasteiger partial charge in [-0.15, -0.1) is 0 Å². The molecule has 1 atom stereocenters. The van der Waals surface area contributed by atoms with Gasteiger partial charge in [-0.3, -0.25) is 4.99 Å². The largest absolute Gasteiger partial charge is 0.384 e. The first-order chi connectivity index (χ1) is 12.4. The average Bonchev–Trinajstić information content (AvgIpc) is 2.89. The van der Waals surface area contributed by atoms with Gasteiger partial charge in [-0.25, -0.2) is 0 Å². The van der Waals surface area contributed by atoms with Crippen molar-refractivity contribution in [3.63, 3.8) is 0 Å². The number of aliphatic hydroxyl groups is 1. The summed E-state index contributed by atoms with van der Waals surface area (Å²) >= 11 is 6.58. The predicted molar refractivity (Wildman–Crippen MR) is 110 cm³/mol. The Bertz CT molecular complexity index is 892. The van der Waals surface area contributed by atoms with Crippen molar-refractivity contribution < 1.29 is 5.11 Å². The van der Waals surface area contributed by atoms with E-state index in [1.165, 1.54) is 16.6 Å². The smallest absolute Gasteiger partial charge is 0.104 e. The van der Waals surface area contributed by atoms with E-state index in [-0.39, 0.29) is 0 Å². The third kappa shape index (κ3) is 3.37. The normalized spacial score (nSPS) is 18.3. The molecular formula is C21H26ClN3O. The maximum absolute atomic E-state index is 11.2. The van der Waals surface area contributed by atoms with Crippen molar-refractivity contribution in [1.82, 2.24) is 9.47 Å². The molecule has 0 amide bonds. The maximum atomic E-state index is 11.2. The van der Waals surface area contributed by atoms with Crippen LogP contribution in [-0.2, 0) is 19.5 Å². The van der Waals surface area contributed by atoms with Crippen molar-refractivity contribution in [3.8, 4) is 0 Å². The Morgan fingerprint density at radius 2 is 2.23 bits per heavy atom. The molecule has 4 nitrogen and oxygen atoms in total. The zero-order valence-corrected chi connectivity index (χ0v) is 16.4. The van der Waals surface area contributed by atoms with Gasteiger partial charge < -0.3 is 14.6 Å². The number of para-hydroxylation sites is 1. The number of aliphatic imine (C=N–C) groups is 1. The summed E-state index contributed by atoms with van der Waals surface area (Å²) in [5.41, 5.74) is 3.36.